The number of hydrogen-bond acceptors (Lipinski definition) is 5. The predicted octanol–water partition coefficient (Wildman–Crippen LogP) is 3.17. The fourth-order valence-electron chi connectivity index (χ4n) is 2.44. The molecule has 5 nitrogen and oxygen atoms in total. The molecule has 1 amide bonds. The highest BCUT2D eigenvalue weighted by atomic mass is 35.5. The molecule has 1 aromatic rings. The Labute approximate surface area is 162 Å². The van der Waals surface area contributed by atoms with Gasteiger partial charge in [-0.15, -0.1) is 0 Å². The van der Waals surface area contributed by atoms with Gasteiger partial charge in [-0.05, 0) is 37.5 Å². The van der Waals surface area contributed by atoms with Crippen LogP contribution in [0.15, 0.2) is 24.3 Å². The van der Waals surface area contributed by atoms with Crippen molar-refractivity contribution >= 4 is 51.8 Å². The van der Waals surface area contributed by atoms with Crippen LogP contribution in [-0.2, 0) is 14.3 Å². The van der Waals surface area contributed by atoms with Gasteiger partial charge in [-0.25, -0.2) is 0 Å². The fourth-order valence-corrected chi connectivity index (χ4v) is 3.69. The molecule has 0 radical (unpaired) electrons. The van der Waals surface area contributed by atoms with Crippen molar-refractivity contribution in [2.45, 2.75) is 25.8 Å². The Balaban J connectivity index is 1.66. The molecule has 1 N–H and O–H groups in total. The fraction of sp³-hybridized carbons (Fsp3) is 0.471. The zero-order valence-corrected chi connectivity index (χ0v) is 16.4. The summed E-state index contributed by atoms with van der Waals surface area (Å²) in [5.74, 6) is -0.683. The summed E-state index contributed by atoms with van der Waals surface area (Å²) in [7, 11) is 0. The number of hydrogen-bond donors (Lipinski definition) is 1. The third-order valence-corrected chi connectivity index (χ3v) is 5.50. The van der Waals surface area contributed by atoms with Crippen LogP contribution in [0.25, 0.3) is 0 Å². The molecule has 0 bridgehead atoms. The number of thiocarbonyl (C=S) groups is 1. The zero-order valence-electron chi connectivity index (χ0n) is 14.0. The van der Waals surface area contributed by atoms with E-state index >= 15 is 0 Å². The van der Waals surface area contributed by atoms with Crippen molar-refractivity contribution in [3.63, 3.8) is 0 Å². The summed E-state index contributed by atoms with van der Waals surface area (Å²) in [6, 6.07) is 7.03. The highest BCUT2D eigenvalue weighted by Crippen LogP contribution is 2.18. The minimum absolute atomic E-state index is 0.118. The van der Waals surface area contributed by atoms with E-state index in [4.69, 9.17) is 28.6 Å². The highest BCUT2D eigenvalue weighted by molar-refractivity contribution is 8.23. The maximum atomic E-state index is 11.9. The number of amides is 1. The van der Waals surface area contributed by atoms with Crippen LogP contribution in [0.3, 0.4) is 0 Å². The van der Waals surface area contributed by atoms with Crippen LogP contribution in [0.5, 0.6) is 0 Å². The van der Waals surface area contributed by atoms with Crippen LogP contribution in [0.4, 0.5) is 0 Å². The van der Waals surface area contributed by atoms with Gasteiger partial charge in [-0.2, -0.15) is 0 Å². The minimum atomic E-state index is -0.447. The van der Waals surface area contributed by atoms with Crippen molar-refractivity contribution in [1.82, 2.24) is 10.2 Å². The van der Waals surface area contributed by atoms with E-state index in [-0.39, 0.29) is 24.3 Å². The average molecular weight is 401 g/mol. The van der Waals surface area contributed by atoms with Crippen molar-refractivity contribution in [3.05, 3.63) is 34.9 Å². The maximum absolute atomic E-state index is 11.9. The van der Waals surface area contributed by atoms with E-state index in [1.165, 1.54) is 11.8 Å². The summed E-state index contributed by atoms with van der Waals surface area (Å²) < 4.78 is 5.72. The molecule has 1 aliphatic rings. The number of carbonyl (C=O) groups is 2. The van der Waals surface area contributed by atoms with E-state index in [1.54, 1.807) is 12.1 Å². The number of nitrogens with zero attached hydrogens (tertiary/aromatic N) is 1. The number of carbonyl (C=O) groups excluding carboxylic acids is 2. The molecule has 0 saturated carbocycles. The summed E-state index contributed by atoms with van der Waals surface area (Å²) >= 11 is 12.5. The van der Waals surface area contributed by atoms with Gasteiger partial charge >= 0.3 is 5.97 Å². The van der Waals surface area contributed by atoms with E-state index in [0.717, 1.165) is 31.5 Å². The highest BCUT2D eigenvalue weighted by Gasteiger charge is 2.17. The minimum Gasteiger partial charge on any atom is -0.455 e. The van der Waals surface area contributed by atoms with Crippen LogP contribution in [-0.4, -0.2) is 46.5 Å². The lowest BCUT2D eigenvalue weighted by Gasteiger charge is -2.17. The molecule has 0 spiro atoms. The van der Waals surface area contributed by atoms with Crippen molar-refractivity contribution in [2.75, 3.05) is 25.4 Å². The Bertz CT molecular complexity index is 636. The molecule has 1 aliphatic heterocycles. The van der Waals surface area contributed by atoms with E-state index in [1.807, 2.05) is 19.1 Å². The number of thioether (sulfide) groups is 1. The maximum Gasteiger partial charge on any atom is 0.316 e. The number of likely N-dealkylation sites (tertiary alicyclic amines) is 1. The first-order valence-corrected chi connectivity index (χ1v) is 9.85. The first-order chi connectivity index (χ1) is 12.0. The monoisotopic (exact) mass is 400 g/mol. The van der Waals surface area contributed by atoms with Crippen molar-refractivity contribution in [2.24, 2.45) is 0 Å². The molecule has 0 unspecified atom stereocenters. The molecule has 1 saturated heterocycles. The van der Waals surface area contributed by atoms with Gasteiger partial charge in [0.2, 0.25) is 0 Å². The molecular formula is C17H21ClN2O3S2. The quantitative estimate of drug-likeness (QED) is 0.584. The third-order valence-electron chi connectivity index (χ3n) is 3.77. The number of halogens is 1. The largest absolute Gasteiger partial charge is 0.455 e. The lowest BCUT2D eigenvalue weighted by Crippen LogP contribution is -2.31. The Morgan fingerprint density at radius 3 is 2.80 bits per heavy atom. The average Bonchev–Trinajstić information content (AvgIpc) is 3.12. The zero-order chi connectivity index (χ0) is 18.2. The first kappa shape index (κ1) is 20.0. The molecule has 1 atom stereocenters. The van der Waals surface area contributed by atoms with Crippen molar-refractivity contribution < 1.29 is 14.3 Å². The second-order valence-corrected chi connectivity index (χ2v) is 7.80. The lowest BCUT2D eigenvalue weighted by atomic mass is 10.1. The number of ether oxygens (including phenoxy) is 1. The normalized spacial score (nSPS) is 14.9. The molecule has 1 aromatic carbocycles. The van der Waals surface area contributed by atoms with Gasteiger partial charge < -0.3 is 15.0 Å². The Morgan fingerprint density at radius 1 is 1.40 bits per heavy atom. The third kappa shape index (κ3) is 6.84. The molecule has 25 heavy (non-hydrogen) atoms. The van der Waals surface area contributed by atoms with Crippen LogP contribution < -0.4 is 5.32 Å². The van der Waals surface area contributed by atoms with Crippen LogP contribution >= 0.6 is 35.6 Å². The summed E-state index contributed by atoms with van der Waals surface area (Å²) in [5.41, 5.74) is 0.888. The van der Waals surface area contributed by atoms with Gasteiger partial charge in [0.15, 0.2) is 6.61 Å². The Hall–Kier alpha value is -1.31. The summed E-state index contributed by atoms with van der Waals surface area (Å²) in [6.45, 7) is 3.44. The van der Waals surface area contributed by atoms with E-state index in [9.17, 15) is 9.59 Å². The van der Waals surface area contributed by atoms with Gasteiger partial charge in [0, 0.05) is 18.1 Å². The molecule has 8 heteroatoms. The number of rotatable bonds is 6. The topological polar surface area (TPSA) is 58.6 Å². The molecule has 1 heterocycles. The van der Waals surface area contributed by atoms with Crippen LogP contribution in [0.1, 0.15) is 31.4 Å². The summed E-state index contributed by atoms with van der Waals surface area (Å²) in [5, 5.41) is 3.38. The van der Waals surface area contributed by atoms with Gasteiger partial charge in [0.05, 0.1) is 11.8 Å². The SMILES string of the molecule is C[C@@H](NC(=O)COC(=O)CSC(=S)N1CCCC1)c1cccc(Cl)c1. The number of benzene rings is 1. The van der Waals surface area contributed by atoms with E-state index in [0.29, 0.717) is 9.34 Å². The first-order valence-electron chi connectivity index (χ1n) is 8.08. The Kier molecular flexibility index (Phi) is 7.99. The second kappa shape index (κ2) is 9.99. The number of esters is 1. The molecule has 136 valence electrons. The van der Waals surface area contributed by atoms with Crippen LogP contribution in [0.2, 0.25) is 5.02 Å². The standard InChI is InChI=1S/C17H21ClN2O3S2/c1-12(13-5-4-6-14(18)9-13)19-15(21)10-23-16(22)11-25-17(24)20-7-2-3-8-20/h4-6,9,12H,2-3,7-8,10-11H2,1H3,(H,19,21)/t12-/m1/s1. The summed E-state index contributed by atoms with van der Waals surface area (Å²) in [4.78, 5) is 25.7. The van der Waals surface area contributed by atoms with Gasteiger partial charge in [0.25, 0.3) is 5.91 Å². The summed E-state index contributed by atoms with van der Waals surface area (Å²) in [6.07, 6.45) is 2.27. The molecular weight excluding hydrogens is 380 g/mol. The van der Waals surface area contributed by atoms with Gasteiger partial charge in [0.1, 0.15) is 4.32 Å². The smallest absolute Gasteiger partial charge is 0.316 e. The van der Waals surface area contributed by atoms with Gasteiger partial charge in [-0.1, -0.05) is 47.7 Å². The number of nitrogens with one attached hydrogen (secondary N) is 1. The molecule has 2 rings (SSSR count). The lowest BCUT2D eigenvalue weighted by molar-refractivity contribution is -0.146. The molecule has 0 aromatic heterocycles. The second-order valence-electron chi connectivity index (χ2n) is 5.75. The predicted molar refractivity (Wildman–Crippen MR) is 105 cm³/mol. The van der Waals surface area contributed by atoms with Gasteiger partial charge in [-0.3, -0.25) is 9.59 Å². The van der Waals surface area contributed by atoms with Crippen molar-refractivity contribution in [1.29, 1.82) is 0 Å². The van der Waals surface area contributed by atoms with Crippen LogP contribution in [0, 0.1) is 0 Å². The molecule has 1 fully saturated rings. The van der Waals surface area contributed by atoms with E-state index < -0.39 is 5.97 Å². The molecule has 0 aliphatic carbocycles. The van der Waals surface area contributed by atoms with E-state index in [2.05, 4.69) is 10.2 Å². The Morgan fingerprint density at radius 2 is 2.12 bits per heavy atom. The van der Waals surface area contributed by atoms with Crippen molar-refractivity contribution in [3.8, 4) is 0 Å².